The van der Waals surface area contributed by atoms with Crippen LogP contribution < -0.4 is 5.73 Å². The Morgan fingerprint density at radius 3 is 2.74 bits per heavy atom. The second-order valence-corrected chi connectivity index (χ2v) is 6.50. The summed E-state index contributed by atoms with van der Waals surface area (Å²) in [5, 5.41) is 0.745. The summed E-state index contributed by atoms with van der Waals surface area (Å²) in [6.45, 7) is 0.736. The highest BCUT2D eigenvalue weighted by Crippen LogP contribution is 2.35. The second kappa shape index (κ2) is 5.33. The van der Waals surface area contributed by atoms with Gasteiger partial charge in [0.1, 0.15) is 0 Å². The van der Waals surface area contributed by atoms with Crippen molar-refractivity contribution in [3.05, 3.63) is 33.3 Å². The highest BCUT2D eigenvalue weighted by Gasteiger charge is 2.34. The fourth-order valence-corrected chi connectivity index (χ4v) is 3.55. The fourth-order valence-electron chi connectivity index (χ4n) is 3.12. The Morgan fingerprint density at radius 2 is 2.05 bits per heavy atom. The molecule has 3 rings (SSSR count). The van der Waals surface area contributed by atoms with Crippen LogP contribution in [0.1, 0.15) is 37.3 Å². The van der Waals surface area contributed by atoms with Gasteiger partial charge in [-0.3, -0.25) is 4.99 Å². The summed E-state index contributed by atoms with van der Waals surface area (Å²) in [4.78, 5) is 6.74. The van der Waals surface area contributed by atoms with Crippen molar-refractivity contribution in [2.45, 2.75) is 37.8 Å². The minimum atomic E-state index is 0.244. The number of rotatable bonds is 2. The molecule has 0 spiro atoms. The lowest BCUT2D eigenvalue weighted by Crippen LogP contribution is -2.42. The first kappa shape index (κ1) is 13.3. The molecule has 3 nitrogen and oxygen atoms in total. The fraction of sp³-hybridized carbons (Fsp3) is 0.500. The number of benzene rings is 1. The molecule has 5 heteroatoms. The average molecular weight is 343 g/mol. The molecule has 1 saturated carbocycles. The number of hydrogen-bond donors (Lipinski definition) is 1. The van der Waals surface area contributed by atoms with Gasteiger partial charge >= 0.3 is 0 Å². The first-order chi connectivity index (χ1) is 9.16. The van der Waals surface area contributed by atoms with Crippen LogP contribution in [-0.4, -0.2) is 23.4 Å². The normalized spacial score (nSPS) is 24.0. The minimum Gasteiger partial charge on any atom is -0.370 e. The van der Waals surface area contributed by atoms with Gasteiger partial charge in [0, 0.05) is 10.5 Å². The summed E-state index contributed by atoms with van der Waals surface area (Å²) in [7, 11) is 0. The molecule has 1 fully saturated rings. The number of hydrogen-bond acceptors (Lipinski definition) is 3. The van der Waals surface area contributed by atoms with Crippen LogP contribution in [0.5, 0.6) is 0 Å². The smallest absolute Gasteiger partial charge is 0.192 e. The van der Waals surface area contributed by atoms with E-state index in [0.29, 0.717) is 12.0 Å². The van der Waals surface area contributed by atoms with E-state index in [4.69, 9.17) is 17.3 Å². The first-order valence-electron chi connectivity index (χ1n) is 6.70. The van der Waals surface area contributed by atoms with Gasteiger partial charge < -0.3 is 10.6 Å². The van der Waals surface area contributed by atoms with E-state index in [1.165, 1.54) is 31.2 Å². The largest absolute Gasteiger partial charge is 0.370 e. The van der Waals surface area contributed by atoms with Gasteiger partial charge in [0.15, 0.2) is 5.96 Å². The zero-order valence-electron chi connectivity index (χ0n) is 10.6. The molecule has 1 unspecified atom stereocenters. The van der Waals surface area contributed by atoms with Gasteiger partial charge in [0.25, 0.3) is 0 Å². The quantitative estimate of drug-likeness (QED) is 0.890. The van der Waals surface area contributed by atoms with E-state index in [2.05, 4.69) is 31.9 Å². The SMILES string of the molecule is NC1=NCC(c2ccc(Br)c(Cl)c2)N1C1CCCC1. The Morgan fingerprint density at radius 1 is 1.32 bits per heavy atom. The van der Waals surface area contributed by atoms with E-state index >= 15 is 0 Å². The van der Waals surface area contributed by atoms with Crippen molar-refractivity contribution >= 4 is 33.5 Å². The lowest BCUT2D eigenvalue weighted by atomic mass is 10.0. The minimum absolute atomic E-state index is 0.244. The number of aliphatic imine (C=N–C) groups is 1. The molecular formula is C14H17BrClN3. The van der Waals surface area contributed by atoms with Crippen molar-refractivity contribution in [3.63, 3.8) is 0 Å². The van der Waals surface area contributed by atoms with Gasteiger partial charge in [-0.1, -0.05) is 30.5 Å². The van der Waals surface area contributed by atoms with Crippen LogP contribution in [0.4, 0.5) is 0 Å². The van der Waals surface area contributed by atoms with Gasteiger partial charge in [-0.05, 0) is 46.5 Å². The van der Waals surface area contributed by atoms with Gasteiger partial charge in [0.05, 0.1) is 17.6 Å². The number of guanidine groups is 1. The van der Waals surface area contributed by atoms with Gasteiger partial charge in [-0.15, -0.1) is 0 Å². The summed E-state index contributed by atoms with van der Waals surface area (Å²) < 4.78 is 0.928. The third kappa shape index (κ3) is 2.48. The van der Waals surface area contributed by atoms with E-state index in [9.17, 15) is 0 Å². The molecule has 0 radical (unpaired) electrons. The molecule has 0 saturated heterocycles. The zero-order valence-corrected chi connectivity index (χ0v) is 13.0. The Bertz CT molecular complexity index is 511. The molecule has 1 aliphatic heterocycles. The van der Waals surface area contributed by atoms with Crippen LogP contribution in [0.2, 0.25) is 5.02 Å². The van der Waals surface area contributed by atoms with E-state index in [0.717, 1.165) is 16.0 Å². The van der Waals surface area contributed by atoms with E-state index in [1.54, 1.807) is 0 Å². The predicted octanol–water partition coefficient (Wildman–Crippen LogP) is 3.72. The molecule has 0 aromatic heterocycles. The third-order valence-electron chi connectivity index (χ3n) is 4.07. The molecule has 1 aromatic carbocycles. The highest BCUT2D eigenvalue weighted by atomic mass is 79.9. The van der Waals surface area contributed by atoms with Gasteiger partial charge in [-0.25, -0.2) is 0 Å². The number of nitrogens with two attached hydrogens (primary N) is 1. The number of nitrogens with zero attached hydrogens (tertiary/aromatic N) is 2. The molecule has 2 aliphatic rings. The van der Waals surface area contributed by atoms with Crippen LogP contribution in [0.3, 0.4) is 0 Å². The maximum Gasteiger partial charge on any atom is 0.192 e. The molecule has 102 valence electrons. The Balaban J connectivity index is 1.88. The van der Waals surface area contributed by atoms with Crippen molar-refractivity contribution in [1.29, 1.82) is 0 Å². The summed E-state index contributed by atoms with van der Waals surface area (Å²) in [6, 6.07) is 6.91. The zero-order chi connectivity index (χ0) is 13.4. The number of halogens is 2. The summed E-state index contributed by atoms with van der Waals surface area (Å²) in [5.74, 6) is 0.691. The monoisotopic (exact) mass is 341 g/mol. The second-order valence-electron chi connectivity index (χ2n) is 5.23. The Hall–Kier alpha value is -0.740. The summed E-state index contributed by atoms with van der Waals surface area (Å²) in [5.41, 5.74) is 7.29. The molecule has 1 heterocycles. The first-order valence-corrected chi connectivity index (χ1v) is 7.87. The van der Waals surface area contributed by atoms with Crippen LogP contribution in [0.15, 0.2) is 27.7 Å². The molecule has 19 heavy (non-hydrogen) atoms. The van der Waals surface area contributed by atoms with E-state index < -0.39 is 0 Å². The molecule has 0 bridgehead atoms. The molecule has 2 N–H and O–H groups in total. The average Bonchev–Trinajstić information content (AvgIpc) is 3.01. The van der Waals surface area contributed by atoms with Gasteiger partial charge in [0.2, 0.25) is 0 Å². The van der Waals surface area contributed by atoms with Crippen molar-refractivity contribution in [2.75, 3.05) is 6.54 Å². The Labute approximate surface area is 127 Å². The van der Waals surface area contributed by atoms with E-state index in [1.807, 2.05) is 12.1 Å². The van der Waals surface area contributed by atoms with Crippen molar-refractivity contribution in [2.24, 2.45) is 10.7 Å². The third-order valence-corrected chi connectivity index (χ3v) is 5.31. The van der Waals surface area contributed by atoms with Crippen molar-refractivity contribution in [3.8, 4) is 0 Å². The maximum atomic E-state index is 6.20. The molecule has 1 atom stereocenters. The van der Waals surface area contributed by atoms with Crippen LogP contribution in [-0.2, 0) is 0 Å². The molecule has 1 aliphatic carbocycles. The van der Waals surface area contributed by atoms with Crippen LogP contribution >= 0.6 is 27.5 Å². The highest BCUT2D eigenvalue weighted by molar-refractivity contribution is 9.10. The lowest BCUT2D eigenvalue weighted by Gasteiger charge is -2.32. The van der Waals surface area contributed by atoms with Crippen molar-refractivity contribution < 1.29 is 0 Å². The maximum absolute atomic E-state index is 6.20. The van der Waals surface area contributed by atoms with Gasteiger partial charge in [-0.2, -0.15) is 0 Å². The molecule has 0 amide bonds. The molecule has 1 aromatic rings. The van der Waals surface area contributed by atoms with Crippen molar-refractivity contribution in [1.82, 2.24) is 4.90 Å². The molecular weight excluding hydrogens is 326 g/mol. The van der Waals surface area contributed by atoms with Crippen LogP contribution in [0, 0.1) is 0 Å². The predicted molar refractivity (Wildman–Crippen MR) is 82.5 cm³/mol. The topological polar surface area (TPSA) is 41.6 Å². The lowest BCUT2D eigenvalue weighted by molar-refractivity contribution is 0.262. The standard InChI is InChI=1S/C14H17BrClN3/c15-11-6-5-9(7-12(11)16)13-8-18-14(17)19(13)10-3-1-2-4-10/h5-7,10,13H,1-4,8H2,(H2,17,18). The van der Waals surface area contributed by atoms with Crippen LogP contribution in [0.25, 0.3) is 0 Å². The summed E-state index contributed by atoms with van der Waals surface area (Å²) in [6.07, 6.45) is 5.03. The Kier molecular flexibility index (Phi) is 3.72. The summed E-state index contributed by atoms with van der Waals surface area (Å²) >= 11 is 9.63. The van der Waals surface area contributed by atoms with E-state index in [-0.39, 0.29) is 6.04 Å².